The van der Waals surface area contributed by atoms with Gasteiger partial charge in [0.1, 0.15) is 0 Å². The normalized spacial score (nSPS) is 21.7. The van der Waals surface area contributed by atoms with Gasteiger partial charge in [-0.2, -0.15) is 0 Å². The van der Waals surface area contributed by atoms with Crippen LogP contribution in [0.3, 0.4) is 0 Å². The van der Waals surface area contributed by atoms with Crippen LogP contribution < -0.4 is 5.32 Å². The molecule has 1 N–H and O–H groups in total. The Kier molecular flexibility index (Phi) is 4.41. The van der Waals surface area contributed by atoms with Gasteiger partial charge in [0.15, 0.2) is 0 Å². The maximum atomic E-state index is 3.67. The van der Waals surface area contributed by atoms with Gasteiger partial charge in [0.25, 0.3) is 0 Å². The fourth-order valence-electron chi connectivity index (χ4n) is 2.56. The minimum absolute atomic E-state index is 0.753. The summed E-state index contributed by atoms with van der Waals surface area (Å²) in [6, 6.07) is 9.67. The highest BCUT2D eigenvalue weighted by Crippen LogP contribution is 2.14. The summed E-state index contributed by atoms with van der Waals surface area (Å²) in [5.41, 5.74) is 2.87. The van der Waals surface area contributed by atoms with Gasteiger partial charge in [0, 0.05) is 6.04 Å². The van der Waals surface area contributed by atoms with E-state index in [0.29, 0.717) is 0 Å². The van der Waals surface area contributed by atoms with Crippen LogP contribution in [0.1, 0.15) is 43.2 Å². The smallest absolute Gasteiger partial charge is 0.00702 e. The Morgan fingerprint density at radius 2 is 2.19 bits per heavy atom. The molecular weight excluding hydrogens is 194 g/mol. The predicted octanol–water partition coefficient (Wildman–Crippen LogP) is 3.46. The average Bonchev–Trinajstić information content (AvgIpc) is 2.55. The molecule has 0 saturated carbocycles. The molecule has 2 rings (SSSR count). The zero-order valence-electron chi connectivity index (χ0n) is 10.3. The van der Waals surface area contributed by atoms with Gasteiger partial charge in [-0.3, -0.25) is 0 Å². The quantitative estimate of drug-likeness (QED) is 0.817. The van der Waals surface area contributed by atoms with Crippen molar-refractivity contribution in [1.82, 2.24) is 5.32 Å². The first-order chi connectivity index (χ1) is 7.84. The zero-order valence-corrected chi connectivity index (χ0v) is 10.3. The van der Waals surface area contributed by atoms with Crippen molar-refractivity contribution >= 4 is 0 Å². The molecule has 88 valence electrons. The van der Waals surface area contributed by atoms with Gasteiger partial charge in [0.05, 0.1) is 0 Å². The molecule has 0 bridgehead atoms. The van der Waals surface area contributed by atoms with Crippen LogP contribution in [0.5, 0.6) is 0 Å². The molecule has 1 aliphatic heterocycles. The molecule has 0 radical (unpaired) electrons. The molecule has 1 aromatic rings. The summed E-state index contributed by atoms with van der Waals surface area (Å²) in [6.45, 7) is 3.39. The number of rotatable bonds is 3. The Hall–Kier alpha value is -0.820. The lowest BCUT2D eigenvalue weighted by molar-refractivity contribution is 0.478. The average molecular weight is 217 g/mol. The van der Waals surface area contributed by atoms with E-state index >= 15 is 0 Å². The maximum absolute atomic E-state index is 3.67. The minimum Gasteiger partial charge on any atom is -0.314 e. The molecule has 1 aromatic carbocycles. The van der Waals surface area contributed by atoms with Crippen molar-refractivity contribution in [2.45, 2.75) is 51.5 Å². The number of benzene rings is 1. The van der Waals surface area contributed by atoms with E-state index in [1.165, 1.54) is 56.2 Å². The third kappa shape index (κ3) is 3.64. The van der Waals surface area contributed by atoms with Crippen LogP contribution in [0.25, 0.3) is 0 Å². The lowest BCUT2D eigenvalue weighted by Gasteiger charge is -2.15. The second-order valence-corrected chi connectivity index (χ2v) is 5.03. The molecule has 1 atom stereocenters. The first-order valence-corrected chi connectivity index (χ1v) is 6.63. The molecule has 0 aromatic heterocycles. The van der Waals surface area contributed by atoms with Crippen LogP contribution in [0.15, 0.2) is 24.3 Å². The van der Waals surface area contributed by atoms with Crippen molar-refractivity contribution in [2.75, 3.05) is 6.54 Å². The molecule has 1 heteroatoms. The summed E-state index contributed by atoms with van der Waals surface area (Å²) in [5.74, 6) is 0. The molecule has 1 fully saturated rings. The summed E-state index contributed by atoms with van der Waals surface area (Å²) >= 11 is 0. The molecule has 0 spiro atoms. The highest BCUT2D eigenvalue weighted by Gasteiger charge is 2.10. The van der Waals surface area contributed by atoms with Gasteiger partial charge >= 0.3 is 0 Å². The highest BCUT2D eigenvalue weighted by atomic mass is 14.9. The number of nitrogens with one attached hydrogen (secondary N) is 1. The van der Waals surface area contributed by atoms with Gasteiger partial charge in [0.2, 0.25) is 0 Å². The monoisotopic (exact) mass is 217 g/mol. The fraction of sp³-hybridized carbons (Fsp3) is 0.600. The van der Waals surface area contributed by atoms with E-state index in [4.69, 9.17) is 0 Å². The number of aryl methyl sites for hydroxylation is 2. The molecule has 0 aliphatic carbocycles. The van der Waals surface area contributed by atoms with Crippen molar-refractivity contribution in [3.63, 3.8) is 0 Å². The highest BCUT2D eigenvalue weighted by molar-refractivity contribution is 5.22. The van der Waals surface area contributed by atoms with Gasteiger partial charge in [-0.15, -0.1) is 0 Å². The summed E-state index contributed by atoms with van der Waals surface area (Å²) in [4.78, 5) is 0. The second-order valence-electron chi connectivity index (χ2n) is 5.03. The Morgan fingerprint density at radius 3 is 3.06 bits per heavy atom. The first-order valence-electron chi connectivity index (χ1n) is 6.63. The van der Waals surface area contributed by atoms with E-state index in [9.17, 15) is 0 Å². The Balaban J connectivity index is 1.81. The topological polar surface area (TPSA) is 12.0 Å². The van der Waals surface area contributed by atoms with Crippen LogP contribution in [0.4, 0.5) is 0 Å². The SMILES string of the molecule is Cc1cccc(CCC2CCCCCN2)c1. The lowest BCUT2D eigenvalue weighted by atomic mass is 10.0. The Bertz CT molecular complexity index is 311. The van der Waals surface area contributed by atoms with E-state index in [1.807, 2.05) is 0 Å². The van der Waals surface area contributed by atoms with Gasteiger partial charge < -0.3 is 5.32 Å². The molecule has 1 heterocycles. The summed E-state index contributed by atoms with van der Waals surface area (Å²) < 4.78 is 0. The molecular formula is C15H23N. The van der Waals surface area contributed by atoms with Crippen LogP contribution in [0.2, 0.25) is 0 Å². The van der Waals surface area contributed by atoms with E-state index in [1.54, 1.807) is 0 Å². The fourth-order valence-corrected chi connectivity index (χ4v) is 2.56. The van der Waals surface area contributed by atoms with Crippen molar-refractivity contribution in [2.24, 2.45) is 0 Å². The standard InChI is InChI=1S/C15H23N/c1-13-6-5-7-14(12-13)9-10-15-8-3-2-4-11-16-15/h5-7,12,15-16H,2-4,8-11H2,1H3. The molecule has 1 nitrogen and oxygen atoms in total. The summed E-state index contributed by atoms with van der Waals surface area (Å²) in [7, 11) is 0. The molecule has 1 unspecified atom stereocenters. The van der Waals surface area contributed by atoms with Gasteiger partial charge in [-0.05, 0) is 44.7 Å². The van der Waals surface area contributed by atoms with Crippen molar-refractivity contribution in [3.8, 4) is 0 Å². The summed E-state index contributed by atoms with van der Waals surface area (Å²) in [6.07, 6.45) is 8.06. The third-order valence-electron chi connectivity index (χ3n) is 3.53. The van der Waals surface area contributed by atoms with Crippen molar-refractivity contribution < 1.29 is 0 Å². The van der Waals surface area contributed by atoms with E-state index in [0.717, 1.165) is 6.04 Å². The lowest BCUT2D eigenvalue weighted by Crippen LogP contribution is -2.28. The summed E-state index contributed by atoms with van der Waals surface area (Å²) in [5, 5.41) is 3.67. The van der Waals surface area contributed by atoms with E-state index in [2.05, 4.69) is 36.5 Å². The van der Waals surface area contributed by atoms with Crippen LogP contribution in [0, 0.1) is 6.92 Å². The third-order valence-corrected chi connectivity index (χ3v) is 3.53. The van der Waals surface area contributed by atoms with Crippen molar-refractivity contribution in [1.29, 1.82) is 0 Å². The Labute approximate surface area is 99.3 Å². The van der Waals surface area contributed by atoms with E-state index < -0.39 is 0 Å². The largest absolute Gasteiger partial charge is 0.314 e. The van der Waals surface area contributed by atoms with Crippen molar-refractivity contribution in [3.05, 3.63) is 35.4 Å². The first kappa shape index (κ1) is 11.7. The second kappa shape index (κ2) is 6.05. The number of hydrogen-bond donors (Lipinski definition) is 1. The van der Waals surface area contributed by atoms with Crippen LogP contribution in [-0.2, 0) is 6.42 Å². The minimum atomic E-state index is 0.753. The molecule has 16 heavy (non-hydrogen) atoms. The predicted molar refractivity (Wildman–Crippen MR) is 69.8 cm³/mol. The van der Waals surface area contributed by atoms with Gasteiger partial charge in [-0.25, -0.2) is 0 Å². The van der Waals surface area contributed by atoms with E-state index in [-0.39, 0.29) is 0 Å². The molecule has 0 amide bonds. The molecule has 1 saturated heterocycles. The van der Waals surface area contributed by atoms with Gasteiger partial charge in [-0.1, -0.05) is 42.7 Å². The van der Waals surface area contributed by atoms with Crippen LogP contribution in [-0.4, -0.2) is 12.6 Å². The van der Waals surface area contributed by atoms with Crippen LogP contribution >= 0.6 is 0 Å². The zero-order chi connectivity index (χ0) is 11.2. The molecule has 1 aliphatic rings. The maximum Gasteiger partial charge on any atom is 0.00702 e. The Morgan fingerprint density at radius 1 is 1.25 bits per heavy atom. The number of hydrogen-bond acceptors (Lipinski definition) is 1.